The first kappa shape index (κ1) is 15.7. The minimum Gasteiger partial charge on any atom is -0.493 e. The third kappa shape index (κ3) is 2.53. The maximum Gasteiger partial charge on any atom is 0.343 e. The quantitative estimate of drug-likeness (QED) is 0.555. The largest absolute Gasteiger partial charge is 0.493 e. The van der Waals surface area contributed by atoms with Gasteiger partial charge in [0.2, 0.25) is 12.5 Å². The molecular formula is C22H23NO7. The van der Waals surface area contributed by atoms with Crippen LogP contribution in [0.1, 0.15) is 43.3 Å². The van der Waals surface area contributed by atoms with Gasteiger partial charge in [-0.15, -0.1) is 0 Å². The number of benzene rings is 2. The predicted molar refractivity (Wildman–Crippen MR) is 106 cm³/mol. The Kier molecular flexibility index (Phi) is 3.65. The molecule has 0 amide bonds. The number of hydrogen-bond donors (Lipinski definition) is 0. The fourth-order valence-corrected chi connectivity index (χ4v) is 4.52. The highest BCUT2D eigenvalue weighted by atomic mass is 16.7. The molecule has 8 nitrogen and oxygen atoms in total. The molecule has 3 heterocycles. The van der Waals surface area contributed by atoms with Crippen molar-refractivity contribution in [3.05, 3.63) is 40.5 Å². The fraction of sp³-hybridized carbons (Fsp3) is 0.409. The highest BCUT2D eigenvalue weighted by Gasteiger charge is 2.46. The lowest BCUT2D eigenvalue weighted by atomic mass is 9.86. The lowest BCUT2D eigenvalue weighted by Crippen LogP contribution is -2.36. The van der Waals surface area contributed by atoms with Gasteiger partial charge in [-0.1, -0.05) is 6.07 Å². The van der Waals surface area contributed by atoms with Gasteiger partial charge in [0.05, 0.1) is 27.4 Å². The zero-order valence-electron chi connectivity index (χ0n) is 19.8. The summed E-state index contributed by atoms with van der Waals surface area (Å²) in [5, 5.41) is 0. The van der Waals surface area contributed by atoms with Gasteiger partial charge in [0.1, 0.15) is 11.7 Å². The summed E-state index contributed by atoms with van der Waals surface area (Å²) in [5.74, 6) is 1.35. The molecule has 0 saturated carbocycles. The van der Waals surface area contributed by atoms with E-state index >= 15 is 0 Å². The Morgan fingerprint density at radius 2 is 1.97 bits per heavy atom. The number of ether oxygens (including phenoxy) is 6. The van der Waals surface area contributed by atoms with E-state index in [-0.39, 0.29) is 24.7 Å². The standard InChI is InChI=1S/C22H23NO7/c1-23-8-7-11-9-14-20(29-10-28-14)21(27-4)15(11)17(23)18-12-5-6-13(25-2)19(26-3)16(12)22(24)30-18/h5-6,9,17-18H,7-8,10H2,1-4H3/t17-,18+/m1/s1/i1+1D3. The minimum absolute atomic E-state index is 0.0421. The molecule has 30 heavy (non-hydrogen) atoms. The SMILES string of the molecule is [2H][13C]([2H])([2H])N1CCc2cc3c(c(OC)c2[C@@H]1[C@H]1OC(=O)c2c1ccc(OC)c2OC)OCO3. The van der Waals surface area contributed by atoms with Gasteiger partial charge in [0.25, 0.3) is 0 Å². The molecule has 0 radical (unpaired) electrons. The molecule has 0 fully saturated rings. The van der Waals surface area contributed by atoms with Crippen molar-refractivity contribution >= 4 is 5.97 Å². The second-order valence-corrected chi connectivity index (χ2v) is 7.20. The van der Waals surface area contributed by atoms with Crippen LogP contribution in [0.2, 0.25) is 0 Å². The van der Waals surface area contributed by atoms with E-state index in [1.165, 1.54) is 26.2 Å². The monoisotopic (exact) mass is 417 g/mol. The van der Waals surface area contributed by atoms with Crippen molar-refractivity contribution in [1.29, 1.82) is 0 Å². The number of rotatable bonds is 4. The molecule has 2 aromatic rings. The Morgan fingerprint density at radius 1 is 1.13 bits per heavy atom. The number of fused-ring (bicyclic) bond motifs is 3. The summed E-state index contributed by atoms with van der Waals surface area (Å²) in [6, 6.07) is 4.37. The molecule has 0 unspecified atom stereocenters. The molecular weight excluding hydrogens is 391 g/mol. The predicted octanol–water partition coefficient (Wildman–Crippen LogP) is 2.88. The summed E-state index contributed by atoms with van der Waals surface area (Å²) in [5.41, 5.74) is 2.19. The number of esters is 1. The number of likely N-dealkylation sites (N-methyl/N-ethyl adjacent to an activating group) is 1. The van der Waals surface area contributed by atoms with Crippen molar-refractivity contribution in [3.8, 4) is 28.7 Å². The summed E-state index contributed by atoms with van der Waals surface area (Å²) in [6.45, 7) is -2.18. The Bertz CT molecular complexity index is 1130. The second-order valence-electron chi connectivity index (χ2n) is 7.20. The smallest absolute Gasteiger partial charge is 0.343 e. The van der Waals surface area contributed by atoms with Gasteiger partial charge < -0.3 is 28.4 Å². The van der Waals surface area contributed by atoms with Crippen LogP contribution in [0.5, 0.6) is 28.7 Å². The van der Waals surface area contributed by atoms with E-state index in [0.29, 0.717) is 40.5 Å². The number of cyclic esters (lactones) is 1. The number of methoxy groups -OCH3 is 3. The van der Waals surface area contributed by atoms with E-state index in [0.717, 1.165) is 5.56 Å². The van der Waals surface area contributed by atoms with Crippen molar-refractivity contribution in [1.82, 2.24) is 4.90 Å². The van der Waals surface area contributed by atoms with Gasteiger partial charge in [0, 0.05) is 21.8 Å². The number of hydrogen-bond acceptors (Lipinski definition) is 8. The van der Waals surface area contributed by atoms with Crippen LogP contribution in [0, 0.1) is 0 Å². The Hall–Kier alpha value is -3.13. The highest BCUT2D eigenvalue weighted by Crippen LogP contribution is 2.55. The molecule has 2 atom stereocenters. The van der Waals surface area contributed by atoms with Crippen LogP contribution in [0.4, 0.5) is 0 Å². The summed E-state index contributed by atoms with van der Waals surface area (Å²) in [7, 11) is 4.40. The third-order valence-corrected chi connectivity index (χ3v) is 5.81. The maximum absolute atomic E-state index is 13.0. The normalized spacial score (nSPS) is 23.6. The van der Waals surface area contributed by atoms with Crippen LogP contribution >= 0.6 is 0 Å². The zero-order valence-corrected chi connectivity index (χ0v) is 16.8. The van der Waals surface area contributed by atoms with Crippen molar-refractivity contribution in [3.63, 3.8) is 0 Å². The topological polar surface area (TPSA) is 75.7 Å². The van der Waals surface area contributed by atoms with E-state index in [1.807, 2.05) is 6.07 Å². The molecule has 3 aliphatic rings. The number of carbonyl (C=O) groups excluding carboxylic acids is 1. The van der Waals surface area contributed by atoms with E-state index in [1.54, 1.807) is 12.1 Å². The average Bonchev–Trinajstić information content (AvgIpc) is 3.39. The fourth-order valence-electron chi connectivity index (χ4n) is 4.52. The summed E-state index contributed by atoms with van der Waals surface area (Å²) < 4.78 is 58.1. The summed E-state index contributed by atoms with van der Waals surface area (Å²) in [6.07, 6.45) is -0.461. The van der Waals surface area contributed by atoms with Crippen LogP contribution in [0.15, 0.2) is 18.2 Å². The van der Waals surface area contributed by atoms with Gasteiger partial charge in [0.15, 0.2) is 23.0 Å². The van der Waals surface area contributed by atoms with Crippen LogP contribution < -0.4 is 23.7 Å². The molecule has 0 aromatic heterocycles. The van der Waals surface area contributed by atoms with Crippen LogP contribution in [0.25, 0.3) is 0 Å². The van der Waals surface area contributed by atoms with Crippen molar-refractivity contribution in [2.75, 3.05) is 41.6 Å². The van der Waals surface area contributed by atoms with E-state index in [9.17, 15) is 4.79 Å². The minimum atomic E-state index is -2.45. The summed E-state index contributed by atoms with van der Waals surface area (Å²) in [4.78, 5) is 14.3. The van der Waals surface area contributed by atoms with Gasteiger partial charge in [-0.3, -0.25) is 4.90 Å². The molecule has 158 valence electrons. The first-order valence-electron chi connectivity index (χ1n) is 11.0. The van der Waals surface area contributed by atoms with Crippen molar-refractivity contribution in [2.45, 2.75) is 18.6 Å². The Labute approximate surface area is 178 Å². The molecule has 5 rings (SSSR count). The van der Waals surface area contributed by atoms with Crippen LogP contribution in [0.3, 0.4) is 0 Å². The zero-order chi connectivity index (χ0) is 23.5. The molecule has 2 aromatic carbocycles. The number of nitrogens with zero attached hydrogens (tertiary/aromatic N) is 1. The average molecular weight is 417 g/mol. The van der Waals surface area contributed by atoms with Gasteiger partial charge >= 0.3 is 5.97 Å². The first-order chi connectivity index (χ1) is 15.8. The van der Waals surface area contributed by atoms with Crippen molar-refractivity contribution in [2.24, 2.45) is 0 Å². The van der Waals surface area contributed by atoms with Gasteiger partial charge in [-0.2, -0.15) is 0 Å². The lowest BCUT2D eigenvalue weighted by Gasteiger charge is -2.38. The molecule has 0 aliphatic carbocycles. The molecule has 8 heteroatoms. The molecule has 0 N–H and O–H groups in total. The number of carbonyl (C=O) groups is 1. The Balaban J connectivity index is 1.74. The highest BCUT2D eigenvalue weighted by molar-refractivity contribution is 5.98. The van der Waals surface area contributed by atoms with Gasteiger partial charge in [-0.05, 0) is 31.1 Å². The molecule has 3 aliphatic heterocycles. The summed E-state index contributed by atoms with van der Waals surface area (Å²) >= 11 is 0. The van der Waals surface area contributed by atoms with Crippen LogP contribution in [-0.4, -0.2) is 52.5 Å². The van der Waals surface area contributed by atoms with Crippen molar-refractivity contribution < 1.29 is 37.3 Å². The van der Waals surface area contributed by atoms with E-state index in [2.05, 4.69) is 0 Å². The third-order valence-electron chi connectivity index (χ3n) is 5.81. The maximum atomic E-state index is 13.0. The van der Waals surface area contributed by atoms with Gasteiger partial charge in [-0.25, -0.2) is 4.79 Å². The van der Waals surface area contributed by atoms with E-state index in [4.69, 9.17) is 32.5 Å². The molecule has 0 bridgehead atoms. The second kappa shape index (κ2) is 6.98. The van der Waals surface area contributed by atoms with E-state index < -0.39 is 25.1 Å². The lowest BCUT2D eigenvalue weighted by molar-refractivity contribution is 0.00874. The molecule has 0 saturated heterocycles. The first-order valence-corrected chi connectivity index (χ1v) is 9.52. The Morgan fingerprint density at radius 3 is 2.70 bits per heavy atom. The van der Waals surface area contributed by atoms with Crippen LogP contribution in [-0.2, 0) is 11.2 Å². The molecule has 0 spiro atoms.